The highest BCUT2D eigenvalue weighted by molar-refractivity contribution is 5.94. The van der Waals surface area contributed by atoms with E-state index in [9.17, 15) is 9.59 Å². The topological polar surface area (TPSA) is 70.2 Å². The number of rotatable bonds is 9. The lowest BCUT2D eigenvalue weighted by atomic mass is 10.1. The number of nitrogens with one attached hydrogen (secondary N) is 3. The van der Waals surface area contributed by atoms with E-state index in [1.807, 2.05) is 56.3 Å². The Morgan fingerprint density at radius 2 is 1.69 bits per heavy atom. The van der Waals surface area contributed by atoms with Gasteiger partial charge in [0.1, 0.15) is 0 Å². The van der Waals surface area contributed by atoms with Crippen LogP contribution in [0.2, 0.25) is 0 Å². The van der Waals surface area contributed by atoms with E-state index in [-0.39, 0.29) is 24.4 Å². The highest BCUT2D eigenvalue weighted by Gasteiger charge is 2.08. The van der Waals surface area contributed by atoms with Crippen molar-refractivity contribution in [2.24, 2.45) is 0 Å². The molecule has 5 nitrogen and oxygen atoms in total. The Morgan fingerprint density at radius 1 is 1.00 bits per heavy atom. The molecular weight excluding hydrogens is 326 g/mol. The van der Waals surface area contributed by atoms with Crippen LogP contribution in [0.15, 0.2) is 54.6 Å². The van der Waals surface area contributed by atoms with Crippen molar-refractivity contribution in [1.82, 2.24) is 10.6 Å². The van der Waals surface area contributed by atoms with Crippen molar-refractivity contribution in [1.29, 1.82) is 0 Å². The van der Waals surface area contributed by atoms with Crippen LogP contribution in [0.4, 0.5) is 5.69 Å². The molecule has 0 aliphatic heterocycles. The average Bonchev–Trinajstić information content (AvgIpc) is 2.67. The predicted octanol–water partition coefficient (Wildman–Crippen LogP) is 2.99. The number of benzene rings is 2. The van der Waals surface area contributed by atoms with E-state index in [4.69, 9.17) is 0 Å². The van der Waals surface area contributed by atoms with Crippen LogP contribution in [0.3, 0.4) is 0 Å². The standard InChI is InChI=1S/C21H27N3O2/c1-3-16(2)24-21(26)18-9-11-19(12-10-18)23-15-20(25)22-14-13-17-7-5-4-6-8-17/h4-12,16,23H,3,13-15H2,1-2H3,(H,22,25)(H,24,26). The van der Waals surface area contributed by atoms with E-state index >= 15 is 0 Å². The van der Waals surface area contributed by atoms with Gasteiger partial charge in [-0.1, -0.05) is 37.3 Å². The summed E-state index contributed by atoms with van der Waals surface area (Å²) < 4.78 is 0. The normalized spacial score (nSPS) is 11.5. The number of hydrogen-bond donors (Lipinski definition) is 3. The van der Waals surface area contributed by atoms with Gasteiger partial charge in [0.25, 0.3) is 5.91 Å². The molecular formula is C21H27N3O2. The van der Waals surface area contributed by atoms with Crippen LogP contribution in [-0.2, 0) is 11.2 Å². The predicted molar refractivity (Wildman–Crippen MR) is 105 cm³/mol. The van der Waals surface area contributed by atoms with Gasteiger partial charge in [-0.2, -0.15) is 0 Å². The summed E-state index contributed by atoms with van der Waals surface area (Å²) in [6, 6.07) is 17.3. The highest BCUT2D eigenvalue weighted by Crippen LogP contribution is 2.09. The zero-order chi connectivity index (χ0) is 18.8. The van der Waals surface area contributed by atoms with Gasteiger partial charge in [0.2, 0.25) is 5.91 Å². The summed E-state index contributed by atoms with van der Waals surface area (Å²) in [6.07, 6.45) is 1.71. The van der Waals surface area contributed by atoms with Crippen molar-refractivity contribution in [2.45, 2.75) is 32.7 Å². The van der Waals surface area contributed by atoms with Crippen LogP contribution < -0.4 is 16.0 Å². The second-order valence-electron chi connectivity index (χ2n) is 6.30. The summed E-state index contributed by atoms with van der Waals surface area (Å²) >= 11 is 0. The van der Waals surface area contributed by atoms with Gasteiger partial charge >= 0.3 is 0 Å². The van der Waals surface area contributed by atoms with Crippen molar-refractivity contribution in [3.05, 3.63) is 65.7 Å². The van der Waals surface area contributed by atoms with Gasteiger partial charge in [-0.25, -0.2) is 0 Å². The second-order valence-corrected chi connectivity index (χ2v) is 6.30. The Labute approximate surface area is 155 Å². The average molecular weight is 353 g/mol. The Bertz CT molecular complexity index is 699. The third-order valence-electron chi connectivity index (χ3n) is 4.17. The van der Waals surface area contributed by atoms with Crippen LogP contribution >= 0.6 is 0 Å². The van der Waals surface area contributed by atoms with Gasteiger partial charge in [0, 0.05) is 23.8 Å². The third kappa shape index (κ3) is 6.59. The molecule has 0 radical (unpaired) electrons. The van der Waals surface area contributed by atoms with Gasteiger partial charge in [-0.05, 0) is 49.6 Å². The lowest BCUT2D eigenvalue weighted by Gasteiger charge is -2.12. The molecule has 138 valence electrons. The zero-order valence-corrected chi connectivity index (χ0v) is 15.4. The Balaban J connectivity index is 1.71. The fourth-order valence-electron chi connectivity index (χ4n) is 2.38. The summed E-state index contributed by atoms with van der Waals surface area (Å²) in [6.45, 7) is 4.82. The number of carbonyl (C=O) groups is 2. The molecule has 1 atom stereocenters. The van der Waals surface area contributed by atoms with E-state index in [0.29, 0.717) is 12.1 Å². The smallest absolute Gasteiger partial charge is 0.251 e. The molecule has 0 spiro atoms. The van der Waals surface area contributed by atoms with Crippen molar-refractivity contribution in [3.63, 3.8) is 0 Å². The van der Waals surface area contributed by atoms with Gasteiger partial charge in [0.15, 0.2) is 0 Å². The molecule has 0 aromatic heterocycles. The first-order chi connectivity index (χ1) is 12.6. The van der Waals surface area contributed by atoms with E-state index < -0.39 is 0 Å². The van der Waals surface area contributed by atoms with Crippen LogP contribution in [0.1, 0.15) is 36.2 Å². The monoisotopic (exact) mass is 353 g/mol. The molecule has 3 N–H and O–H groups in total. The number of hydrogen-bond acceptors (Lipinski definition) is 3. The van der Waals surface area contributed by atoms with Crippen LogP contribution in [-0.4, -0.2) is 30.9 Å². The quantitative estimate of drug-likeness (QED) is 0.649. The maximum absolute atomic E-state index is 12.0. The first kappa shape index (κ1) is 19.5. The summed E-state index contributed by atoms with van der Waals surface area (Å²) in [5.41, 5.74) is 2.62. The van der Waals surface area contributed by atoms with Gasteiger partial charge in [0.05, 0.1) is 6.54 Å². The molecule has 0 bridgehead atoms. The number of carbonyl (C=O) groups excluding carboxylic acids is 2. The number of amides is 2. The SMILES string of the molecule is CCC(C)NC(=O)c1ccc(NCC(=O)NCCc2ccccc2)cc1. The molecule has 1 unspecified atom stereocenters. The lowest BCUT2D eigenvalue weighted by Crippen LogP contribution is -2.32. The maximum atomic E-state index is 12.0. The molecule has 0 aliphatic carbocycles. The van der Waals surface area contributed by atoms with Crippen LogP contribution in [0.5, 0.6) is 0 Å². The zero-order valence-electron chi connectivity index (χ0n) is 15.4. The fourth-order valence-corrected chi connectivity index (χ4v) is 2.38. The Morgan fingerprint density at radius 3 is 2.35 bits per heavy atom. The summed E-state index contributed by atoms with van der Waals surface area (Å²) in [5.74, 6) is -0.135. The molecule has 0 fully saturated rings. The van der Waals surface area contributed by atoms with Crippen molar-refractivity contribution < 1.29 is 9.59 Å². The second kappa shape index (κ2) is 10.2. The highest BCUT2D eigenvalue weighted by atomic mass is 16.2. The molecule has 0 heterocycles. The molecule has 0 saturated heterocycles. The molecule has 0 aliphatic rings. The molecule has 26 heavy (non-hydrogen) atoms. The summed E-state index contributed by atoms with van der Waals surface area (Å²) in [7, 11) is 0. The van der Waals surface area contributed by atoms with Crippen LogP contribution in [0, 0.1) is 0 Å². The molecule has 2 aromatic carbocycles. The molecule has 0 saturated carbocycles. The molecule has 2 amide bonds. The van der Waals surface area contributed by atoms with E-state index in [2.05, 4.69) is 16.0 Å². The minimum Gasteiger partial charge on any atom is -0.376 e. The Kier molecular flexibility index (Phi) is 7.68. The molecule has 5 heteroatoms. The number of anilines is 1. The van der Waals surface area contributed by atoms with Crippen molar-refractivity contribution >= 4 is 17.5 Å². The first-order valence-corrected chi connectivity index (χ1v) is 9.04. The van der Waals surface area contributed by atoms with Gasteiger partial charge in [-0.15, -0.1) is 0 Å². The van der Waals surface area contributed by atoms with Crippen molar-refractivity contribution in [2.75, 3.05) is 18.4 Å². The lowest BCUT2D eigenvalue weighted by molar-refractivity contribution is -0.119. The largest absolute Gasteiger partial charge is 0.376 e. The Hall–Kier alpha value is -2.82. The first-order valence-electron chi connectivity index (χ1n) is 9.04. The minimum atomic E-state index is -0.0791. The maximum Gasteiger partial charge on any atom is 0.251 e. The van der Waals surface area contributed by atoms with E-state index in [1.54, 1.807) is 12.1 Å². The third-order valence-corrected chi connectivity index (χ3v) is 4.17. The van der Waals surface area contributed by atoms with E-state index in [1.165, 1.54) is 5.56 Å². The van der Waals surface area contributed by atoms with Crippen LogP contribution in [0.25, 0.3) is 0 Å². The van der Waals surface area contributed by atoms with Crippen molar-refractivity contribution in [3.8, 4) is 0 Å². The minimum absolute atomic E-state index is 0.0560. The summed E-state index contributed by atoms with van der Waals surface area (Å²) in [4.78, 5) is 23.9. The summed E-state index contributed by atoms with van der Waals surface area (Å²) in [5, 5.41) is 8.89. The van der Waals surface area contributed by atoms with E-state index in [0.717, 1.165) is 18.5 Å². The molecule has 2 aromatic rings. The van der Waals surface area contributed by atoms with Gasteiger partial charge < -0.3 is 16.0 Å². The van der Waals surface area contributed by atoms with Gasteiger partial charge in [-0.3, -0.25) is 9.59 Å². The fraction of sp³-hybridized carbons (Fsp3) is 0.333. The molecule has 2 rings (SSSR count).